The molecule has 7 aromatic carbocycles. The van der Waals surface area contributed by atoms with Gasteiger partial charge in [-0.1, -0.05) is 133 Å². The number of para-hydroxylation sites is 1. The summed E-state index contributed by atoms with van der Waals surface area (Å²) < 4.78 is 90.2. The van der Waals surface area contributed by atoms with Gasteiger partial charge in [0.25, 0.3) is 0 Å². The highest BCUT2D eigenvalue weighted by atomic mass is 16.3. The largest absolute Gasteiger partial charge is 0.456 e. The smallest absolute Gasteiger partial charge is 0.164 e. The molecule has 0 aliphatic heterocycles. The van der Waals surface area contributed by atoms with Crippen LogP contribution in [0.15, 0.2) is 168 Å². The van der Waals surface area contributed by atoms with Crippen molar-refractivity contribution < 1.29 is 18.1 Å². The molecule has 0 saturated carbocycles. The van der Waals surface area contributed by atoms with Gasteiger partial charge in [0.2, 0.25) is 0 Å². The first-order valence-corrected chi connectivity index (χ1v) is 14.9. The fourth-order valence-electron chi connectivity index (χ4n) is 5.85. The second-order valence-electron chi connectivity index (χ2n) is 10.9. The first-order valence-electron chi connectivity index (χ1n) is 19.9. The van der Waals surface area contributed by atoms with Gasteiger partial charge in [0, 0.05) is 27.5 Å². The van der Waals surface area contributed by atoms with E-state index in [1.54, 1.807) is 24.3 Å². The number of furan rings is 1. The highest BCUT2D eigenvalue weighted by Crippen LogP contribution is 2.40. The first kappa shape index (κ1) is 18.5. The van der Waals surface area contributed by atoms with Crippen LogP contribution >= 0.6 is 0 Å². The lowest BCUT2D eigenvalue weighted by Gasteiger charge is -2.12. The highest BCUT2D eigenvalue weighted by molar-refractivity contribution is 6.13. The Balaban J connectivity index is 1.30. The van der Waals surface area contributed by atoms with Gasteiger partial charge in [0.15, 0.2) is 17.5 Å². The zero-order chi connectivity index (χ0) is 39.9. The molecule has 4 heteroatoms. The van der Waals surface area contributed by atoms with E-state index in [0.29, 0.717) is 61.4 Å². The van der Waals surface area contributed by atoms with E-state index in [9.17, 15) is 0 Å². The Morgan fingerprint density at radius 2 is 1.04 bits per heavy atom. The highest BCUT2D eigenvalue weighted by Gasteiger charge is 2.19. The van der Waals surface area contributed by atoms with E-state index < -0.39 is 36.3 Å². The molecule has 2 aromatic heterocycles. The maximum absolute atomic E-state index is 8.75. The molecule has 4 nitrogen and oxygen atoms in total. The summed E-state index contributed by atoms with van der Waals surface area (Å²) >= 11 is 0. The lowest BCUT2D eigenvalue weighted by atomic mass is 9.98. The van der Waals surface area contributed by atoms with E-state index >= 15 is 0 Å². The molecule has 0 bridgehead atoms. The summed E-state index contributed by atoms with van der Waals surface area (Å²) in [7, 11) is 0. The van der Waals surface area contributed by atoms with Crippen molar-refractivity contribution >= 4 is 32.7 Å². The minimum atomic E-state index is -0.496. The minimum absolute atomic E-state index is 0.00613. The molecule has 0 unspecified atom stereocenters. The van der Waals surface area contributed by atoms with E-state index in [1.807, 2.05) is 78.9 Å². The van der Waals surface area contributed by atoms with E-state index in [-0.39, 0.29) is 41.1 Å². The summed E-state index contributed by atoms with van der Waals surface area (Å²) in [6.45, 7) is 0. The average molecular weight is 612 g/mol. The lowest BCUT2D eigenvalue weighted by Crippen LogP contribution is -2.00. The molecular formula is C43H27N3O. The number of rotatable bonds is 5. The zero-order valence-electron chi connectivity index (χ0n) is 34.6. The molecule has 0 fully saturated rings. The molecule has 0 atom stereocenters. The van der Waals surface area contributed by atoms with Gasteiger partial charge in [0.05, 0.1) is 13.7 Å². The topological polar surface area (TPSA) is 51.8 Å². The molecule has 0 radical (unpaired) electrons. The Morgan fingerprint density at radius 1 is 0.426 bits per heavy atom. The molecular weight excluding hydrogens is 574 g/mol. The molecule has 0 aliphatic rings. The van der Waals surface area contributed by atoms with Gasteiger partial charge < -0.3 is 4.42 Å². The summed E-state index contributed by atoms with van der Waals surface area (Å²) in [5, 5.41) is 2.99. The van der Waals surface area contributed by atoms with Crippen LogP contribution in [0, 0.1) is 0 Å². The number of hydrogen-bond donors (Lipinski definition) is 0. The van der Waals surface area contributed by atoms with Crippen molar-refractivity contribution in [2.24, 2.45) is 0 Å². The summed E-state index contributed by atoms with van der Waals surface area (Å²) in [6, 6.07) is 27.2. The Bertz CT molecular complexity index is 3090. The molecule has 0 aliphatic carbocycles. The monoisotopic (exact) mass is 611 g/mol. The van der Waals surface area contributed by atoms with Crippen molar-refractivity contribution in [3.63, 3.8) is 0 Å². The van der Waals surface area contributed by atoms with Crippen LogP contribution in [0.1, 0.15) is 13.7 Å². The third kappa shape index (κ3) is 4.93. The van der Waals surface area contributed by atoms with Crippen LogP contribution in [-0.4, -0.2) is 15.0 Å². The van der Waals surface area contributed by atoms with E-state index in [1.165, 1.54) is 0 Å². The third-order valence-corrected chi connectivity index (χ3v) is 8.06. The molecule has 0 spiro atoms. The van der Waals surface area contributed by atoms with Crippen molar-refractivity contribution in [3.8, 4) is 56.4 Å². The zero-order valence-corrected chi connectivity index (χ0v) is 24.6. The quantitative estimate of drug-likeness (QED) is 0.194. The molecule has 2 heterocycles. The number of hydrogen-bond acceptors (Lipinski definition) is 4. The predicted molar refractivity (Wildman–Crippen MR) is 192 cm³/mol. The van der Waals surface area contributed by atoms with Gasteiger partial charge in [-0.15, -0.1) is 0 Å². The van der Waals surface area contributed by atoms with Gasteiger partial charge in [-0.25, -0.2) is 15.0 Å². The van der Waals surface area contributed by atoms with Gasteiger partial charge in [-0.3, -0.25) is 0 Å². The summed E-state index contributed by atoms with van der Waals surface area (Å²) in [4.78, 5) is 14.9. The summed E-state index contributed by atoms with van der Waals surface area (Å²) in [6.07, 6.45) is 0. The van der Waals surface area contributed by atoms with Crippen molar-refractivity contribution in [3.05, 3.63) is 164 Å². The second kappa shape index (κ2) is 11.2. The summed E-state index contributed by atoms with van der Waals surface area (Å²) in [5.74, 6) is 0.915. The lowest BCUT2D eigenvalue weighted by molar-refractivity contribution is 0.669. The first-order chi connectivity index (χ1) is 27.4. The van der Waals surface area contributed by atoms with E-state index in [4.69, 9.17) is 33.1 Å². The van der Waals surface area contributed by atoms with Crippen LogP contribution in [-0.2, 0) is 0 Å². The van der Waals surface area contributed by atoms with Crippen LogP contribution in [0.4, 0.5) is 0 Å². The maximum atomic E-state index is 8.75. The molecule has 0 saturated heterocycles. The Hall–Kier alpha value is -6.39. The van der Waals surface area contributed by atoms with Crippen LogP contribution in [0.25, 0.3) is 89.1 Å². The van der Waals surface area contributed by atoms with E-state index in [0.717, 1.165) is 10.8 Å². The van der Waals surface area contributed by atoms with Crippen molar-refractivity contribution in [2.75, 3.05) is 0 Å². The molecule has 47 heavy (non-hydrogen) atoms. The summed E-state index contributed by atoms with van der Waals surface area (Å²) in [5.41, 5.74) is 3.67. The van der Waals surface area contributed by atoms with Crippen molar-refractivity contribution in [2.45, 2.75) is 0 Å². The average Bonchev–Trinajstić information content (AvgIpc) is 3.62. The standard InChI is InChI=1S/C43H27N3O/c1-4-12-28(13-5-1)32-22-20-30-21-23-33(25-34(30)24-32)42-44-41(31-16-8-3-9-17-31)45-43(46-42)37-26-35(29-14-6-2-7-15-29)27-39-40(37)36-18-10-11-19-38(36)47-39/h1-27H/i1D,2D,4D,5D,6D,7D,12D,13D,14D,15D. The Labute approximate surface area is 285 Å². The van der Waals surface area contributed by atoms with Gasteiger partial charge in [0.1, 0.15) is 11.2 Å². The number of aromatic nitrogens is 3. The van der Waals surface area contributed by atoms with Gasteiger partial charge >= 0.3 is 0 Å². The predicted octanol–water partition coefficient (Wildman–Crippen LogP) is 11.3. The Kier molecular flexibility index (Phi) is 4.42. The molecule has 0 amide bonds. The molecule has 220 valence electrons. The van der Waals surface area contributed by atoms with E-state index in [2.05, 4.69) is 0 Å². The van der Waals surface area contributed by atoms with Gasteiger partial charge in [-0.05, 0) is 63.4 Å². The van der Waals surface area contributed by atoms with Crippen molar-refractivity contribution in [1.29, 1.82) is 0 Å². The van der Waals surface area contributed by atoms with Crippen LogP contribution in [0.3, 0.4) is 0 Å². The molecule has 9 aromatic rings. The minimum Gasteiger partial charge on any atom is -0.456 e. The SMILES string of the molecule is [2H]c1c([2H])c([2H])c(-c2ccc3ccc(-c4nc(-c5ccccc5)nc(-c5cc(-c6c([2H])c([2H])c([2H])c([2H])c6[2H])cc6oc7ccccc7c56)n4)cc3c2)c([2H])c1[2H]. The fourth-order valence-corrected chi connectivity index (χ4v) is 5.85. The fraction of sp³-hybridized carbons (Fsp3) is 0. The normalized spacial score (nSPS) is 14.4. The maximum Gasteiger partial charge on any atom is 0.164 e. The van der Waals surface area contributed by atoms with Crippen LogP contribution in [0.5, 0.6) is 0 Å². The number of benzene rings is 7. The van der Waals surface area contributed by atoms with Crippen LogP contribution < -0.4 is 0 Å². The van der Waals surface area contributed by atoms with Crippen molar-refractivity contribution in [1.82, 2.24) is 15.0 Å². The Morgan fingerprint density at radius 3 is 1.81 bits per heavy atom. The molecule has 9 rings (SSSR count). The van der Waals surface area contributed by atoms with Gasteiger partial charge in [-0.2, -0.15) is 0 Å². The third-order valence-electron chi connectivity index (χ3n) is 8.06. The molecule has 0 N–H and O–H groups in total. The number of fused-ring (bicyclic) bond motifs is 4. The van der Waals surface area contributed by atoms with Crippen LogP contribution in [0.2, 0.25) is 0 Å². The number of nitrogens with zero attached hydrogens (tertiary/aromatic N) is 3. The second-order valence-corrected chi connectivity index (χ2v) is 10.9.